The van der Waals surface area contributed by atoms with E-state index in [1.807, 2.05) is 0 Å². The molecule has 18 heavy (non-hydrogen) atoms. The molecule has 1 fully saturated rings. The molecule has 1 aromatic rings. The van der Waals surface area contributed by atoms with Crippen LogP contribution in [0.2, 0.25) is 0 Å². The Labute approximate surface area is 115 Å². The molecule has 0 saturated carbocycles. The standard InChI is InChI=1S/C14H25N3S/c1-6-17-13(5)14(12(4)15-17)9-16-7-10(2)18-11(3)8-16/h10-11H,6-9H2,1-5H3/t10-,11-/m0/s1. The molecule has 2 heterocycles. The zero-order valence-electron chi connectivity index (χ0n) is 12.2. The summed E-state index contributed by atoms with van der Waals surface area (Å²) in [6.07, 6.45) is 0. The lowest BCUT2D eigenvalue weighted by molar-refractivity contribution is 0.262. The molecule has 0 unspecified atom stereocenters. The largest absolute Gasteiger partial charge is 0.297 e. The summed E-state index contributed by atoms with van der Waals surface area (Å²) in [6.45, 7) is 15.6. The summed E-state index contributed by atoms with van der Waals surface area (Å²) in [5.41, 5.74) is 3.98. The number of hydrogen-bond donors (Lipinski definition) is 0. The number of hydrogen-bond acceptors (Lipinski definition) is 3. The molecule has 0 spiro atoms. The number of aromatic nitrogens is 2. The minimum atomic E-state index is 0.746. The normalized spacial score (nSPS) is 25.6. The first-order valence-corrected chi connectivity index (χ1v) is 7.86. The van der Waals surface area contributed by atoms with Gasteiger partial charge in [-0.25, -0.2) is 0 Å². The van der Waals surface area contributed by atoms with Gasteiger partial charge in [-0.2, -0.15) is 16.9 Å². The average Bonchev–Trinajstić information content (AvgIpc) is 2.55. The second-order valence-electron chi connectivity index (χ2n) is 5.42. The lowest BCUT2D eigenvalue weighted by Crippen LogP contribution is -2.39. The molecule has 1 aliphatic rings. The summed E-state index contributed by atoms with van der Waals surface area (Å²) in [5.74, 6) is 0. The smallest absolute Gasteiger partial charge is 0.0641 e. The Morgan fingerprint density at radius 1 is 1.22 bits per heavy atom. The van der Waals surface area contributed by atoms with E-state index in [0.717, 1.165) is 23.6 Å². The van der Waals surface area contributed by atoms with Crippen LogP contribution in [-0.2, 0) is 13.1 Å². The molecule has 0 aliphatic carbocycles. The van der Waals surface area contributed by atoms with Gasteiger partial charge in [-0.05, 0) is 20.8 Å². The zero-order chi connectivity index (χ0) is 13.3. The lowest BCUT2D eigenvalue weighted by atomic mass is 10.1. The molecule has 2 atom stereocenters. The summed E-state index contributed by atoms with van der Waals surface area (Å²) in [6, 6.07) is 0. The molecule has 0 aromatic carbocycles. The van der Waals surface area contributed by atoms with Crippen LogP contribution < -0.4 is 0 Å². The summed E-state index contributed by atoms with van der Waals surface area (Å²) in [5, 5.41) is 6.11. The maximum Gasteiger partial charge on any atom is 0.0641 e. The number of thioether (sulfide) groups is 1. The Balaban J connectivity index is 2.11. The molecule has 102 valence electrons. The van der Waals surface area contributed by atoms with Crippen molar-refractivity contribution in [3.8, 4) is 0 Å². The fraction of sp³-hybridized carbons (Fsp3) is 0.786. The molecular formula is C14H25N3S. The van der Waals surface area contributed by atoms with Gasteiger partial charge in [-0.3, -0.25) is 9.58 Å². The number of nitrogens with zero attached hydrogens (tertiary/aromatic N) is 3. The molecule has 1 saturated heterocycles. The van der Waals surface area contributed by atoms with E-state index in [9.17, 15) is 0 Å². The Morgan fingerprint density at radius 3 is 2.33 bits per heavy atom. The second kappa shape index (κ2) is 5.66. The van der Waals surface area contributed by atoms with Gasteiger partial charge in [0.2, 0.25) is 0 Å². The first kappa shape index (κ1) is 13.9. The highest BCUT2D eigenvalue weighted by Gasteiger charge is 2.24. The van der Waals surface area contributed by atoms with Gasteiger partial charge in [0, 0.05) is 47.9 Å². The van der Waals surface area contributed by atoms with Crippen LogP contribution in [0.3, 0.4) is 0 Å². The highest BCUT2D eigenvalue weighted by molar-refractivity contribution is 8.00. The van der Waals surface area contributed by atoms with Crippen LogP contribution in [0.25, 0.3) is 0 Å². The van der Waals surface area contributed by atoms with Crippen molar-refractivity contribution in [3.63, 3.8) is 0 Å². The van der Waals surface area contributed by atoms with Crippen LogP contribution in [0.5, 0.6) is 0 Å². The molecule has 3 nitrogen and oxygen atoms in total. The van der Waals surface area contributed by atoms with E-state index in [-0.39, 0.29) is 0 Å². The van der Waals surface area contributed by atoms with Crippen molar-refractivity contribution in [2.45, 2.75) is 58.2 Å². The van der Waals surface area contributed by atoms with Crippen molar-refractivity contribution in [1.29, 1.82) is 0 Å². The molecule has 1 aromatic heterocycles. The van der Waals surface area contributed by atoms with Gasteiger partial charge in [-0.1, -0.05) is 13.8 Å². The average molecular weight is 267 g/mol. The van der Waals surface area contributed by atoms with Crippen LogP contribution in [0, 0.1) is 13.8 Å². The number of rotatable bonds is 3. The van der Waals surface area contributed by atoms with Crippen molar-refractivity contribution in [2.75, 3.05) is 13.1 Å². The second-order valence-corrected chi connectivity index (χ2v) is 7.30. The Bertz CT molecular complexity index is 403. The highest BCUT2D eigenvalue weighted by atomic mass is 32.2. The zero-order valence-corrected chi connectivity index (χ0v) is 13.0. The van der Waals surface area contributed by atoms with Gasteiger partial charge in [0.1, 0.15) is 0 Å². The van der Waals surface area contributed by atoms with Gasteiger partial charge in [0.25, 0.3) is 0 Å². The minimum Gasteiger partial charge on any atom is -0.297 e. The van der Waals surface area contributed by atoms with Crippen LogP contribution >= 0.6 is 11.8 Å². The van der Waals surface area contributed by atoms with E-state index < -0.39 is 0 Å². The lowest BCUT2D eigenvalue weighted by Gasteiger charge is -2.34. The highest BCUT2D eigenvalue weighted by Crippen LogP contribution is 2.26. The predicted molar refractivity (Wildman–Crippen MR) is 79.2 cm³/mol. The molecule has 2 rings (SSSR count). The first-order valence-electron chi connectivity index (χ1n) is 6.92. The summed E-state index contributed by atoms with van der Waals surface area (Å²) in [7, 11) is 0. The van der Waals surface area contributed by atoms with Crippen LogP contribution in [0.1, 0.15) is 37.7 Å². The SMILES string of the molecule is CCn1nc(C)c(CN2C[C@H](C)S[C@@H](C)C2)c1C. The minimum absolute atomic E-state index is 0.746. The van der Waals surface area contributed by atoms with E-state index >= 15 is 0 Å². The van der Waals surface area contributed by atoms with E-state index in [2.05, 4.69) is 61.1 Å². The van der Waals surface area contributed by atoms with Crippen molar-refractivity contribution in [3.05, 3.63) is 17.0 Å². The summed E-state index contributed by atoms with van der Waals surface area (Å²) < 4.78 is 2.12. The fourth-order valence-electron chi connectivity index (χ4n) is 2.91. The predicted octanol–water partition coefficient (Wildman–Crippen LogP) is 2.85. The van der Waals surface area contributed by atoms with E-state index in [1.165, 1.54) is 30.0 Å². The molecule has 0 N–H and O–H groups in total. The van der Waals surface area contributed by atoms with Gasteiger partial charge in [-0.15, -0.1) is 0 Å². The Morgan fingerprint density at radius 2 is 1.83 bits per heavy atom. The van der Waals surface area contributed by atoms with Gasteiger partial charge >= 0.3 is 0 Å². The quantitative estimate of drug-likeness (QED) is 0.840. The molecular weight excluding hydrogens is 242 g/mol. The molecule has 1 aliphatic heterocycles. The van der Waals surface area contributed by atoms with Crippen molar-refractivity contribution in [2.24, 2.45) is 0 Å². The van der Waals surface area contributed by atoms with Gasteiger partial charge in [0.15, 0.2) is 0 Å². The van der Waals surface area contributed by atoms with Gasteiger partial charge in [0.05, 0.1) is 5.69 Å². The molecule has 4 heteroatoms. The van der Waals surface area contributed by atoms with Crippen LogP contribution in [-0.4, -0.2) is 38.3 Å². The maximum atomic E-state index is 4.62. The van der Waals surface area contributed by atoms with E-state index in [4.69, 9.17) is 0 Å². The summed E-state index contributed by atoms with van der Waals surface area (Å²) >= 11 is 2.11. The summed E-state index contributed by atoms with van der Waals surface area (Å²) in [4.78, 5) is 2.59. The van der Waals surface area contributed by atoms with Crippen LogP contribution in [0.15, 0.2) is 0 Å². The van der Waals surface area contributed by atoms with Crippen molar-refractivity contribution < 1.29 is 0 Å². The van der Waals surface area contributed by atoms with E-state index in [1.54, 1.807) is 0 Å². The van der Waals surface area contributed by atoms with Crippen molar-refractivity contribution >= 4 is 11.8 Å². The molecule has 0 bridgehead atoms. The first-order chi connectivity index (χ1) is 8.51. The third-order valence-electron chi connectivity index (χ3n) is 3.71. The van der Waals surface area contributed by atoms with Gasteiger partial charge < -0.3 is 0 Å². The third-order valence-corrected chi connectivity index (χ3v) is 4.94. The third kappa shape index (κ3) is 2.91. The fourth-order valence-corrected chi connectivity index (χ4v) is 4.29. The Kier molecular flexibility index (Phi) is 4.38. The Hall–Kier alpha value is -0.480. The maximum absolute atomic E-state index is 4.62. The topological polar surface area (TPSA) is 21.1 Å². The van der Waals surface area contributed by atoms with Crippen LogP contribution in [0.4, 0.5) is 0 Å². The molecule has 0 amide bonds. The molecule has 0 radical (unpaired) electrons. The number of aryl methyl sites for hydroxylation is 2. The van der Waals surface area contributed by atoms with E-state index in [0.29, 0.717) is 0 Å². The monoisotopic (exact) mass is 267 g/mol. The van der Waals surface area contributed by atoms with Crippen molar-refractivity contribution in [1.82, 2.24) is 14.7 Å².